The van der Waals surface area contributed by atoms with E-state index >= 15 is 0 Å². The molecule has 166 valence electrons. The van der Waals surface area contributed by atoms with Gasteiger partial charge in [0.1, 0.15) is 11.3 Å². The molecule has 0 N–H and O–H groups in total. The first-order valence-corrected chi connectivity index (χ1v) is 11.7. The number of rotatable bonds is 8. The van der Waals surface area contributed by atoms with Crippen LogP contribution in [-0.2, 0) is 31.0 Å². The molecule has 0 saturated heterocycles. The molecule has 2 aromatic rings. The Morgan fingerprint density at radius 3 is 2.40 bits per heavy atom. The molecule has 1 heterocycles. The van der Waals surface area contributed by atoms with Crippen molar-refractivity contribution in [1.82, 2.24) is 10.1 Å². The summed E-state index contributed by atoms with van der Waals surface area (Å²) in [4.78, 5) is 16.3. The normalized spacial score (nSPS) is 15.5. The predicted molar refractivity (Wildman–Crippen MR) is 107 cm³/mol. The maximum absolute atomic E-state index is 14.7. The third kappa shape index (κ3) is 6.09. The second-order valence-electron chi connectivity index (χ2n) is 7.68. The summed E-state index contributed by atoms with van der Waals surface area (Å²) in [6.45, 7) is 7.97. The fourth-order valence-electron chi connectivity index (χ4n) is 2.58. The lowest BCUT2D eigenvalue weighted by atomic mass is 10.1. The van der Waals surface area contributed by atoms with Gasteiger partial charge in [0.25, 0.3) is 0 Å². The minimum atomic E-state index is -3.58. The molecule has 0 aliphatic rings. The van der Waals surface area contributed by atoms with E-state index in [1.807, 2.05) is 0 Å². The zero-order valence-electron chi connectivity index (χ0n) is 17.3. The van der Waals surface area contributed by atoms with Crippen LogP contribution in [0.4, 0.5) is 8.78 Å². The number of nitrogens with zero attached hydrogens (tertiary/aromatic N) is 2. The summed E-state index contributed by atoms with van der Waals surface area (Å²) in [5.41, 5.74) is -2.50. The van der Waals surface area contributed by atoms with E-state index in [1.54, 1.807) is 27.7 Å². The smallest absolute Gasteiger partial charge is 0.350 e. The van der Waals surface area contributed by atoms with Crippen LogP contribution in [0.5, 0.6) is 0 Å². The molecule has 1 aromatic heterocycles. The summed E-state index contributed by atoms with van der Waals surface area (Å²) in [5, 5.41) is 3.84. The molecule has 2 atom stereocenters. The van der Waals surface area contributed by atoms with Crippen molar-refractivity contribution < 1.29 is 31.9 Å². The minimum absolute atomic E-state index is 0.0964. The summed E-state index contributed by atoms with van der Waals surface area (Å²) in [6, 6.07) is 4.92. The van der Waals surface area contributed by atoms with Crippen LogP contribution in [0.3, 0.4) is 0 Å². The maximum Gasteiger partial charge on any atom is 0.350 e. The van der Waals surface area contributed by atoms with Crippen molar-refractivity contribution in [2.45, 2.75) is 51.3 Å². The van der Waals surface area contributed by atoms with E-state index in [2.05, 4.69) is 10.1 Å². The van der Waals surface area contributed by atoms with E-state index in [-0.39, 0.29) is 24.4 Å². The van der Waals surface area contributed by atoms with Crippen molar-refractivity contribution in [3.8, 4) is 0 Å². The van der Waals surface area contributed by atoms with Crippen molar-refractivity contribution in [2.75, 3.05) is 13.3 Å². The highest BCUT2D eigenvalue weighted by Gasteiger charge is 2.43. The molecule has 0 aliphatic carbocycles. The van der Waals surface area contributed by atoms with Crippen LogP contribution in [0.15, 0.2) is 28.8 Å². The maximum atomic E-state index is 14.7. The SMILES string of the molecule is CCOP(C)(=O)C(Cc1noc(C(F)(F)c2ccc(Cl)cc2)n1)C(=O)OC(C)(C)C. The standard InChI is InChI=1S/C19H24ClF2N2O5P/c1-6-27-30(5,26)14(16(25)28-18(2,3)4)11-15-23-17(29-24-15)19(21,22)12-7-9-13(20)10-8-12/h7-10,14H,6,11H2,1-5H3. The highest BCUT2D eigenvalue weighted by Crippen LogP contribution is 2.50. The van der Waals surface area contributed by atoms with Crippen molar-refractivity contribution in [3.05, 3.63) is 46.6 Å². The van der Waals surface area contributed by atoms with E-state index in [9.17, 15) is 18.1 Å². The molecule has 7 nitrogen and oxygen atoms in total. The Morgan fingerprint density at radius 1 is 1.27 bits per heavy atom. The topological polar surface area (TPSA) is 91.5 Å². The van der Waals surface area contributed by atoms with Crippen molar-refractivity contribution >= 4 is 24.9 Å². The van der Waals surface area contributed by atoms with Crippen molar-refractivity contribution in [2.24, 2.45) is 0 Å². The Morgan fingerprint density at radius 2 is 1.87 bits per heavy atom. The molecule has 2 rings (SSSR count). The average Bonchev–Trinajstić information content (AvgIpc) is 3.08. The summed E-state index contributed by atoms with van der Waals surface area (Å²) >= 11 is 5.73. The predicted octanol–water partition coefficient (Wildman–Crippen LogP) is 5.06. The zero-order valence-corrected chi connectivity index (χ0v) is 19.0. The van der Waals surface area contributed by atoms with Gasteiger partial charge in [-0.2, -0.15) is 13.8 Å². The molecule has 1 aromatic carbocycles. The van der Waals surface area contributed by atoms with Crippen LogP contribution < -0.4 is 0 Å². The third-order valence-electron chi connectivity index (χ3n) is 3.95. The first-order chi connectivity index (χ1) is 13.8. The van der Waals surface area contributed by atoms with Gasteiger partial charge in [-0.05, 0) is 39.8 Å². The zero-order chi connectivity index (χ0) is 22.7. The van der Waals surface area contributed by atoms with Gasteiger partial charge in [-0.15, -0.1) is 0 Å². The third-order valence-corrected chi connectivity index (χ3v) is 6.50. The molecule has 2 unspecified atom stereocenters. The highest BCUT2D eigenvalue weighted by molar-refractivity contribution is 7.60. The number of carbonyl (C=O) groups is 1. The Labute approximate surface area is 178 Å². The van der Waals surface area contributed by atoms with E-state index in [0.29, 0.717) is 5.02 Å². The first-order valence-electron chi connectivity index (χ1n) is 9.18. The number of aromatic nitrogens is 2. The first kappa shape index (κ1) is 24.4. The number of esters is 1. The van der Waals surface area contributed by atoms with Crippen LogP contribution in [-0.4, -0.2) is 40.6 Å². The van der Waals surface area contributed by atoms with Gasteiger partial charge in [0.2, 0.25) is 7.37 Å². The lowest BCUT2D eigenvalue weighted by Crippen LogP contribution is -2.33. The largest absolute Gasteiger partial charge is 0.459 e. The Kier molecular flexibility index (Phi) is 7.43. The lowest BCUT2D eigenvalue weighted by molar-refractivity contribution is -0.154. The number of ether oxygens (including phenoxy) is 1. The Balaban J connectivity index is 2.31. The number of hydrogen-bond donors (Lipinski definition) is 0. The fraction of sp³-hybridized carbons (Fsp3) is 0.526. The molecule has 30 heavy (non-hydrogen) atoms. The highest BCUT2D eigenvalue weighted by atomic mass is 35.5. The monoisotopic (exact) mass is 464 g/mol. The molecular weight excluding hydrogens is 441 g/mol. The van der Waals surface area contributed by atoms with E-state index in [0.717, 1.165) is 12.1 Å². The summed E-state index contributed by atoms with van der Waals surface area (Å²) in [6.07, 6.45) is -0.344. The van der Waals surface area contributed by atoms with Gasteiger partial charge in [0.15, 0.2) is 5.82 Å². The summed E-state index contributed by atoms with van der Waals surface area (Å²) < 4.78 is 57.6. The van der Waals surface area contributed by atoms with E-state index in [1.165, 1.54) is 18.8 Å². The average molecular weight is 465 g/mol. The summed E-state index contributed by atoms with van der Waals surface area (Å²) in [7, 11) is -3.50. The molecule has 0 aliphatic heterocycles. The molecule has 0 bridgehead atoms. The number of carbonyl (C=O) groups excluding carboxylic acids is 1. The van der Waals surface area contributed by atoms with Gasteiger partial charge >= 0.3 is 17.8 Å². The number of hydrogen-bond acceptors (Lipinski definition) is 7. The lowest BCUT2D eigenvalue weighted by Gasteiger charge is -2.26. The number of alkyl halides is 2. The molecular formula is C19H24ClF2N2O5P. The molecule has 0 amide bonds. The molecule has 0 radical (unpaired) electrons. The van der Waals surface area contributed by atoms with E-state index in [4.69, 9.17) is 25.4 Å². The van der Waals surface area contributed by atoms with Crippen molar-refractivity contribution in [1.29, 1.82) is 0 Å². The van der Waals surface area contributed by atoms with Gasteiger partial charge in [-0.1, -0.05) is 28.9 Å². The minimum Gasteiger partial charge on any atom is -0.459 e. The quantitative estimate of drug-likeness (QED) is 0.398. The number of benzene rings is 1. The van der Waals surface area contributed by atoms with Crippen LogP contribution in [0, 0.1) is 0 Å². The van der Waals surface area contributed by atoms with Crippen LogP contribution in [0.25, 0.3) is 0 Å². The Hall–Kier alpha value is -1.83. The van der Waals surface area contributed by atoms with Crippen molar-refractivity contribution in [3.63, 3.8) is 0 Å². The van der Waals surface area contributed by atoms with Gasteiger partial charge < -0.3 is 13.8 Å². The second-order valence-corrected chi connectivity index (χ2v) is 10.8. The molecule has 0 spiro atoms. The molecule has 0 fully saturated rings. The van der Waals surface area contributed by atoms with Crippen LogP contribution in [0.2, 0.25) is 5.02 Å². The van der Waals surface area contributed by atoms with Gasteiger partial charge in [-0.3, -0.25) is 9.36 Å². The van der Waals surface area contributed by atoms with Crippen LogP contribution >= 0.6 is 19.0 Å². The molecule has 0 saturated carbocycles. The second kappa shape index (κ2) is 9.12. The Bertz CT molecular complexity index is 928. The van der Waals surface area contributed by atoms with Gasteiger partial charge in [-0.25, -0.2) is 0 Å². The van der Waals surface area contributed by atoms with Crippen LogP contribution in [0.1, 0.15) is 45.0 Å². The fourth-order valence-corrected chi connectivity index (χ4v) is 4.33. The molecule has 11 heteroatoms. The summed E-state index contributed by atoms with van der Waals surface area (Å²) in [5.74, 6) is -5.54. The van der Waals surface area contributed by atoms with Gasteiger partial charge in [0.05, 0.1) is 6.61 Å². The number of halogens is 3. The van der Waals surface area contributed by atoms with Gasteiger partial charge in [0, 0.05) is 23.7 Å². The van der Waals surface area contributed by atoms with E-state index < -0.39 is 36.4 Å².